The van der Waals surface area contributed by atoms with Crippen LogP contribution in [0, 0.1) is 0 Å². The molecule has 0 unspecified atom stereocenters. The molecule has 0 radical (unpaired) electrons. The van der Waals surface area contributed by atoms with Gasteiger partial charge in [0.15, 0.2) is 23.1 Å². The van der Waals surface area contributed by atoms with Gasteiger partial charge in [0.1, 0.15) is 0 Å². The van der Waals surface area contributed by atoms with Crippen LogP contribution < -0.4 is 0 Å². The highest BCUT2D eigenvalue weighted by Gasteiger charge is 2.56. The highest BCUT2D eigenvalue weighted by molar-refractivity contribution is 6.31. The van der Waals surface area contributed by atoms with E-state index in [4.69, 9.17) is 0 Å². The SMILES string of the molecule is O=C1CC(=O)C2=C1C1C3=C(C(=O)CC3=O)C2c2ccccc21. The fourth-order valence-corrected chi connectivity index (χ4v) is 4.49. The van der Waals surface area contributed by atoms with E-state index in [2.05, 4.69) is 0 Å². The number of Topliss-reactive ketones (excluding diaryl/α,β-unsaturated/α-hetero) is 4. The van der Waals surface area contributed by atoms with Crippen molar-refractivity contribution in [3.05, 3.63) is 57.7 Å². The van der Waals surface area contributed by atoms with Gasteiger partial charge < -0.3 is 0 Å². The molecule has 4 nitrogen and oxygen atoms in total. The molecule has 0 aliphatic heterocycles. The van der Waals surface area contributed by atoms with Gasteiger partial charge in [-0.3, -0.25) is 19.2 Å². The summed E-state index contributed by atoms with van der Waals surface area (Å²) in [5.74, 6) is -1.79. The van der Waals surface area contributed by atoms with Crippen LogP contribution in [0.4, 0.5) is 0 Å². The predicted octanol–water partition coefficient (Wildman–Crippen LogP) is 1.56. The maximum atomic E-state index is 12.3. The Morgan fingerprint density at radius 3 is 1.23 bits per heavy atom. The first-order valence-electron chi connectivity index (χ1n) is 7.29. The number of hydrogen-bond acceptors (Lipinski definition) is 4. The van der Waals surface area contributed by atoms with E-state index >= 15 is 0 Å². The van der Waals surface area contributed by atoms with Crippen LogP contribution in [0.2, 0.25) is 0 Å². The molecule has 4 heteroatoms. The van der Waals surface area contributed by atoms with E-state index in [1.807, 2.05) is 24.3 Å². The summed E-state index contributed by atoms with van der Waals surface area (Å²) in [7, 11) is 0. The summed E-state index contributed by atoms with van der Waals surface area (Å²) in [6, 6.07) is 7.52. The van der Waals surface area contributed by atoms with E-state index < -0.39 is 11.8 Å². The summed E-state index contributed by atoms with van der Waals surface area (Å²) in [6.07, 6.45) is -0.261. The van der Waals surface area contributed by atoms with Crippen molar-refractivity contribution in [2.45, 2.75) is 24.7 Å². The van der Waals surface area contributed by atoms with E-state index in [-0.39, 0.29) is 36.0 Å². The molecular formula is C18H10O4. The van der Waals surface area contributed by atoms with E-state index in [1.165, 1.54) is 0 Å². The lowest BCUT2D eigenvalue weighted by atomic mass is 9.62. The van der Waals surface area contributed by atoms with Gasteiger partial charge in [-0.25, -0.2) is 0 Å². The summed E-state index contributed by atoms with van der Waals surface area (Å²) in [5, 5.41) is 0. The number of hydrogen-bond donors (Lipinski definition) is 0. The van der Waals surface area contributed by atoms with E-state index in [1.54, 1.807) is 0 Å². The predicted molar refractivity (Wildman–Crippen MR) is 75.2 cm³/mol. The first kappa shape index (κ1) is 12.0. The monoisotopic (exact) mass is 290 g/mol. The molecule has 0 saturated heterocycles. The minimum Gasteiger partial charge on any atom is -0.294 e. The quantitative estimate of drug-likeness (QED) is 0.680. The topological polar surface area (TPSA) is 68.3 Å². The fourth-order valence-electron chi connectivity index (χ4n) is 4.49. The van der Waals surface area contributed by atoms with E-state index in [0.717, 1.165) is 11.1 Å². The van der Waals surface area contributed by atoms with Crippen molar-refractivity contribution in [3.8, 4) is 0 Å². The minimum atomic E-state index is -0.510. The van der Waals surface area contributed by atoms with Gasteiger partial charge in [0.25, 0.3) is 0 Å². The van der Waals surface area contributed by atoms with Crippen LogP contribution in [-0.4, -0.2) is 23.1 Å². The Labute approximate surface area is 125 Å². The maximum Gasteiger partial charge on any atom is 0.167 e. The number of rotatable bonds is 0. The highest BCUT2D eigenvalue weighted by Crippen LogP contribution is 2.59. The van der Waals surface area contributed by atoms with Gasteiger partial charge in [-0.05, 0) is 11.1 Å². The normalized spacial score (nSPS) is 28.5. The molecule has 106 valence electrons. The van der Waals surface area contributed by atoms with Crippen molar-refractivity contribution in [3.63, 3.8) is 0 Å². The second-order valence-corrected chi connectivity index (χ2v) is 6.20. The lowest BCUT2D eigenvalue weighted by Gasteiger charge is -2.38. The van der Waals surface area contributed by atoms with Gasteiger partial charge in [-0.1, -0.05) is 24.3 Å². The maximum absolute atomic E-state index is 12.3. The van der Waals surface area contributed by atoms with Crippen LogP contribution in [0.5, 0.6) is 0 Å². The first-order valence-corrected chi connectivity index (χ1v) is 7.29. The van der Waals surface area contributed by atoms with Crippen LogP contribution in [0.3, 0.4) is 0 Å². The molecule has 0 spiro atoms. The molecule has 0 fully saturated rings. The fraction of sp³-hybridized carbons (Fsp3) is 0.222. The summed E-state index contributed by atoms with van der Waals surface area (Å²) >= 11 is 0. The van der Waals surface area contributed by atoms with Crippen molar-refractivity contribution < 1.29 is 19.2 Å². The molecule has 1 aromatic rings. The summed E-state index contributed by atoms with van der Waals surface area (Å²) < 4.78 is 0. The van der Waals surface area contributed by atoms with Crippen molar-refractivity contribution in [2.75, 3.05) is 0 Å². The number of benzene rings is 1. The molecular weight excluding hydrogens is 280 g/mol. The molecule has 5 aliphatic rings. The Hall–Kier alpha value is -2.62. The van der Waals surface area contributed by atoms with Crippen LogP contribution in [-0.2, 0) is 19.2 Å². The molecule has 0 amide bonds. The zero-order chi connectivity index (χ0) is 15.2. The molecule has 0 aromatic heterocycles. The number of allylic oxidation sites excluding steroid dienone is 4. The molecule has 0 heterocycles. The van der Waals surface area contributed by atoms with Gasteiger partial charge >= 0.3 is 0 Å². The van der Waals surface area contributed by atoms with Crippen LogP contribution in [0.25, 0.3) is 0 Å². The van der Waals surface area contributed by atoms with Gasteiger partial charge in [-0.2, -0.15) is 0 Å². The van der Waals surface area contributed by atoms with Crippen molar-refractivity contribution in [1.29, 1.82) is 0 Å². The third-order valence-corrected chi connectivity index (χ3v) is 5.20. The molecule has 0 N–H and O–H groups in total. The van der Waals surface area contributed by atoms with Crippen molar-refractivity contribution in [1.82, 2.24) is 0 Å². The minimum absolute atomic E-state index is 0.130. The smallest absolute Gasteiger partial charge is 0.167 e. The Kier molecular flexibility index (Phi) is 1.95. The van der Waals surface area contributed by atoms with Crippen molar-refractivity contribution >= 4 is 23.1 Å². The van der Waals surface area contributed by atoms with Crippen LogP contribution in [0.15, 0.2) is 46.6 Å². The van der Waals surface area contributed by atoms with Crippen LogP contribution in [0.1, 0.15) is 35.8 Å². The van der Waals surface area contributed by atoms with Crippen LogP contribution >= 0.6 is 0 Å². The third kappa shape index (κ3) is 1.13. The molecule has 0 atom stereocenters. The summed E-state index contributed by atoms with van der Waals surface area (Å²) in [4.78, 5) is 49.2. The standard InChI is InChI=1S/C18H10O4/c19-9-5-11(21)17-14-8-4-2-1-3-7(8)13(15(9)17)16-10(20)6-12(22)18(14)16/h1-4,13-14H,5-6H2. The second kappa shape index (κ2) is 3.58. The average Bonchev–Trinajstić information content (AvgIpc) is 2.98. The highest BCUT2D eigenvalue weighted by atomic mass is 16.2. The summed E-state index contributed by atoms with van der Waals surface area (Å²) in [5.41, 5.74) is 3.67. The summed E-state index contributed by atoms with van der Waals surface area (Å²) in [6.45, 7) is 0. The lowest BCUT2D eigenvalue weighted by Crippen LogP contribution is -2.31. The lowest BCUT2D eigenvalue weighted by molar-refractivity contribution is -0.122. The zero-order valence-corrected chi connectivity index (χ0v) is 11.5. The molecule has 1 aromatic carbocycles. The Morgan fingerprint density at radius 1 is 0.591 bits per heavy atom. The molecule has 0 saturated carbocycles. The average molecular weight is 290 g/mol. The largest absolute Gasteiger partial charge is 0.294 e. The number of carbonyl (C=O) groups is 4. The van der Waals surface area contributed by atoms with Gasteiger partial charge in [-0.15, -0.1) is 0 Å². The van der Waals surface area contributed by atoms with Gasteiger partial charge in [0.2, 0.25) is 0 Å². The van der Waals surface area contributed by atoms with E-state index in [0.29, 0.717) is 22.3 Å². The third-order valence-electron chi connectivity index (χ3n) is 5.20. The second-order valence-electron chi connectivity index (χ2n) is 6.20. The Balaban J connectivity index is 1.90. The van der Waals surface area contributed by atoms with Crippen molar-refractivity contribution in [2.24, 2.45) is 0 Å². The molecule has 5 aliphatic carbocycles. The van der Waals surface area contributed by atoms with Gasteiger partial charge in [0, 0.05) is 34.1 Å². The van der Waals surface area contributed by atoms with E-state index in [9.17, 15) is 19.2 Å². The molecule has 2 bridgehead atoms. The number of carbonyl (C=O) groups excluding carboxylic acids is 4. The van der Waals surface area contributed by atoms with Gasteiger partial charge in [0.05, 0.1) is 12.8 Å². The number of ketones is 4. The molecule has 22 heavy (non-hydrogen) atoms. The Bertz CT molecular complexity index is 790. The molecule has 6 rings (SSSR count). The zero-order valence-electron chi connectivity index (χ0n) is 11.5. The Morgan fingerprint density at radius 2 is 0.909 bits per heavy atom. The first-order chi connectivity index (χ1) is 10.6.